The summed E-state index contributed by atoms with van der Waals surface area (Å²) in [6, 6.07) is 18.8. The van der Waals surface area contributed by atoms with E-state index >= 15 is 0 Å². The molecule has 2 heterocycles. The van der Waals surface area contributed by atoms with E-state index in [2.05, 4.69) is 86.1 Å². The van der Waals surface area contributed by atoms with Crippen molar-refractivity contribution in [3.8, 4) is 0 Å². The second-order valence-corrected chi connectivity index (χ2v) is 10.8. The second-order valence-electron chi connectivity index (χ2n) is 10.8. The third kappa shape index (κ3) is 4.56. The predicted octanol–water partition coefficient (Wildman–Crippen LogP) is 4.30. The van der Waals surface area contributed by atoms with E-state index in [1.807, 2.05) is 6.07 Å². The molecular weight excluding hydrogens is 424 g/mol. The van der Waals surface area contributed by atoms with Gasteiger partial charge in [-0.2, -0.15) is 0 Å². The summed E-state index contributed by atoms with van der Waals surface area (Å²) in [4.78, 5) is 31.6. The number of piperidine rings is 1. The number of carbonyl (C=O) groups excluding carboxylic acids is 2. The lowest BCUT2D eigenvalue weighted by Crippen LogP contribution is -2.56. The van der Waals surface area contributed by atoms with Gasteiger partial charge in [-0.1, -0.05) is 75.4 Å². The fourth-order valence-corrected chi connectivity index (χ4v) is 5.52. The Hall–Kier alpha value is -2.86. The number of aryl methyl sites for hydroxylation is 1. The highest BCUT2D eigenvalue weighted by Crippen LogP contribution is 2.45. The fourth-order valence-electron chi connectivity index (χ4n) is 5.52. The number of carbonyl (C=O) groups is 2. The van der Waals surface area contributed by atoms with Crippen molar-refractivity contribution in [1.82, 2.24) is 14.7 Å². The Labute approximate surface area is 203 Å². The minimum absolute atomic E-state index is 0.0775. The highest BCUT2D eigenvalue weighted by Gasteiger charge is 2.56. The van der Waals surface area contributed by atoms with E-state index in [9.17, 15) is 9.59 Å². The van der Waals surface area contributed by atoms with E-state index in [-0.39, 0.29) is 17.5 Å². The Kier molecular flexibility index (Phi) is 6.72. The van der Waals surface area contributed by atoms with Gasteiger partial charge in [0.25, 0.3) is 0 Å². The van der Waals surface area contributed by atoms with Crippen LogP contribution in [-0.2, 0) is 16.6 Å². The van der Waals surface area contributed by atoms with E-state index in [0.29, 0.717) is 32.5 Å². The van der Waals surface area contributed by atoms with Crippen LogP contribution in [0.2, 0.25) is 0 Å². The number of nitrogens with zero attached hydrogens (tertiary/aromatic N) is 3. The lowest BCUT2D eigenvalue weighted by atomic mass is 9.85. The minimum atomic E-state index is -0.591. The van der Waals surface area contributed by atoms with Crippen molar-refractivity contribution in [2.24, 2.45) is 5.73 Å². The van der Waals surface area contributed by atoms with Crippen molar-refractivity contribution in [3.63, 3.8) is 0 Å². The van der Waals surface area contributed by atoms with Crippen molar-refractivity contribution >= 4 is 11.9 Å². The van der Waals surface area contributed by atoms with E-state index in [1.54, 1.807) is 4.90 Å². The molecule has 1 atom stereocenters. The molecule has 0 aliphatic carbocycles. The van der Waals surface area contributed by atoms with Crippen LogP contribution < -0.4 is 5.73 Å². The molecule has 2 N–H and O–H groups in total. The maximum atomic E-state index is 14.0. The summed E-state index contributed by atoms with van der Waals surface area (Å²) in [5, 5.41) is 0. The topological polar surface area (TPSA) is 69.9 Å². The van der Waals surface area contributed by atoms with E-state index in [1.165, 1.54) is 11.1 Å². The zero-order valence-corrected chi connectivity index (χ0v) is 21.0. The van der Waals surface area contributed by atoms with Crippen LogP contribution in [0.5, 0.6) is 0 Å². The molecular formula is C28H38N4O2. The molecule has 6 heteroatoms. The molecule has 4 rings (SSSR count). The number of likely N-dealkylation sites (tertiary alicyclic amines) is 1. The molecule has 2 saturated heterocycles. The smallest absolute Gasteiger partial charge is 0.314 e. The molecule has 182 valence electrons. The first-order chi connectivity index (χ1) is 16.1. The van der Waals surface area contributed by atoms with Gasteiger partial charge in [-0.3, -0.25) is 9.69 Å². The summed E-state index contributed by atoms with van der Waals surface area (Å²) in [5.41, 5.74) is 8.71. The van der Waals surface area contributed by atoms with Crippen molar-refractivity contribution in [2.75, 3.05) is 26.7 Å². The number of amides is 3. The number of nitrogens with two attached hydrogens (primary N) is 1. The van der Waals surface area contributed by atoms with Gasteiger partial charge in [0.2, 0.25) is 5.91 Å². The molecule has 2 fully saturated rings. The van der Waals surface area contributed by atoms with Crippen LogP contribution in [-0.4, -0.2) is 58.9 Å². The molecule has 1 spiro atoms. The van der Waals surface area contributed by atoms with Gasteiger partial charge in [0, 0.05) is 19.6 Å². The van der Waals surface area contributed by atoms with E-state index < -0.39 is 11.6 Å². The Balaban J connectivity index is 1.60. The molecule has 0 aromatic heterocycles. The molecule has 34 heavy (non-hydrogen) atoms. The van der Waals surface area contributed by atoms with Crippen molar-refractivity contribution in [1.29, 1.82) is 0 Å². The zero-order chi connectivity index (χ0) is 24.5. The highest BCUT2D eigenvalue weighted by atomic mass is 16.2. The molecule has 2 aliphatic heterocycles. The normalized spacial score (nSPS) is 20.8. The van der Waals surface area contributed by atoms with Crippen molar-refractivity contribution in [2.45, 2.75) is 63.6 Å². The third-order valence-corrected chi connectivity index (χ3v) is 7.68. The van der Waals surface area contributed by atoms with Crippen LogP contribution in [0.3, 0.4) is 0 Å². The average Bonchev–Trinajstić information content (AvgIpc) is 3.01. The first-order valence-corrected chi connectivity index (χ1v) is 12.4. The highest BCUT2D eigenvalue weighted by molar-refractivity contribution is 5.89. The van der Waals surface area contributed by atoms with Gasteiger partial charge in [-0.25, -0.2) is 4.79 Å². The SMILES string of the molecule is CN1C(c2ccc(C(C)(C)C)cc2)N(CCCc2ccccc2)C(=O)C12CCN(C(N)=O)CC2. The second kappa shape index (κ2) is 9.41. The molecule has 2 aliphatic rings. The predicted molar refractivity (Wildman–Crippen MR) is 135 cm³/mol. The van der Waals surface area contributed by atoms with Gasteiger partial charge in [0.05, 0.1) is 0 Å². The Morgan fingerprint density at radius 1 is 1.03 bits per heavy atom. The van der Waals surface area contributed by atoms with Crippen LogP contribution in [0, 0.1) is 0 Å². The average molecular weight is 463 g/mol. The van der Waals surface area contributed by atoms with Gasteiger partial charge in [0.1, 0.15) is 11.7 Å². The van der Waals surface area contributed by atoms with E-state index in [0.717, 1.165) is 18.4 Å². The summed E-state index contributed by atoms with van der Waals surface area (Å²) in [6.45, 7) is 8.36. The van der Waals surface area contributed by atoms with Crippen molar-refractivity contribution in [3.05, 3.63) is 71.3 Å². The Bertz CT molecular complexity index is 1000. The lowest BCUT2D eigenvalue weighted by Gasteiger charge is -2.41. The van der Waals surface area contributed by atoms with Gasteiger partial charge >= 0.3 is 6.03 Å². The minimum Gasteiger partial charge on any atom is -0.351 e. The summed E-state index contributed by atoms with van der Waals surface area (Å²) in [7, 11) is 2.07. The quantitative estimate of drug-likeness (QED) is 0.720. The number of urea groups is 1. The molecule has 0 saturated carbocycles. The van der Waals surface area contributed by atoms with Crippen LogP contribution in [0.1, 0.15) is 62.9 Å². The van der Waals surface area contributed by atoms with Crippen LogP contribution in [0.25, 0.3) is 0 Å². The number of rotatable bonds is 5. The van der Waals surface area contributed by atoms with Crippen LogP contribution in [0.4, 0.5) is 4.79 Å². The summed E-state index contributed by atoms with van der Waals surface area (Å²) in [6.07, 6.45) is 2.95. The van der Waals surface area contributed by atoms with E-state index in [4.69, 9.17) is 5.73 Å². The molecule has 0 bridgehead atoms. The van der Waals surface area contributed by atoms with Crippen LogP contribution >= 0.6 is 0 Å². The van der Waals surface area contributed by atoms with Crippen molar-refractivity contribution < 1.29 is 9.59 Å². The number of primary amides is 1. The third-order valence-electron chi connectivity index (χ3n) is 7.68. The number of hydrogen-bond acceptors (Lipinski definition) is 3. The van der Waals surface area contributed by atoms with Gasteiger partial charge in [-0.15, -0.1) is 0 Å². The summed E-state index contributed by atoms with van der Waals surface area (Å²) >= 11 is 0. The molecule has 2 aromatic rings. The maximum Gasteiger partial charge on any atom is 0.314 e. The summed E-state index contributed by atoms with van der Waals surface area (Å²) in [5.74, 6) is 0.178. The fraction of sp³-hybridized carbons (Fsp3) is 0.500. The first-order valence-electron chi connectivity index (χ1n) is 12.4. The maximum absolute atomic E-state index is 14.0. The van der Waals surface area contributed by atoms with Gasteiger partial charge in [0.15, 0.2) is 0 Å². The monoisotopic (exact) mass is 462 g/mol. The first kappa shape index (κ1) is 24.3. The standard InChI is InChI=1S/C28H38N4O2/c1-27(2,3)23-14-12-22(13-15-23)24-30(4)28(16-19-31(20-17-28)26(29)34)25(33)32(24)18-8-11-21-9-6-5-7-10-21/h5-7,9-10,12-15,24H,8,11,16-20H2,1-4H3,(H2,29,34). The van der Waals surface area contributed by atoms with Gasteiger partial charge < -0.3 is 15.5 Å². The Morgan fingerprint density at radius 3 is 2.21 bits per heavy atom. The van der Waals surface area contributed by atoms with Gasteiger partial charge in [-0.05, 0) is 54.8 Å². The lowest BCUT2D eigenvalue weighted by molar-refractivity contribution is -0.135. The molecule has 6 nitrogen and oxygen atoms in total. The number of likely N-dealkylation sites (N-methyl/N-ethyl adjacent to an activating group) is 1. The molecule has 0 radical (unpaired) electrons. The van der Waals surface area contributed by atoms with Crippen LogP contribution in [0.15, 0.2) is 54.6 Å². The Morgan fingerprint density at radius 2 is 1.65 bits per heavy atom. The largest absolute Gasteiger partial charge is 0.351 e. The number of hydrogen-bond donors (Lipinski definition) is 1. The number of benzene rings is 2. The molecule has 1 unspecified atom stereocenters. The summed E-state index contributed by atoms with van der Waals surface area (Å²) < 4.78 is 0. The zero-order valence-electron chi connectivity index (χ0n) is 21.0. The molecule has 2 aromatic carbocycles. The molecule has 3 amide bonds.